The largest absolute Gasteiger partial charge is 0.336 e. The summed E-state index contributed by atoms with van der Waals surface area (Å²) in [5.74, 6) is 0.921. The molecule has 0 radical (unpaired) electrons. The SMILES string of the molecule is CC(C)CN(Cc1nn(-c2ccccc2)c2c1CN(Cc1cccc(Cl)c1)CC2)C(=O)C1CCC1. The van der Waals surface area contributed by atoms with Crippen molar-refractivity contribution in [3.05, 3.63) is 82.1 Å². The molecule has 5 nitrogen and oxygen atoms in total. The summed E-state index contributed by atoms with van der Waals surface area (Å²) in [5.41, 5.74) is 5.89. The third-order valence-electron chi connectivity index (χ3n) is 7.21. The minimum atomic E-state index is 0.195. The summed E-state index contributed by atoms with van der Waals surface area (Å²) < 4.78 is 2.11. The van der Waals surface area contributed by atoms with Crippen molar-refractivity contribution < 1.29 is 4.79 Å². The van der Waals surface area contributed by atoms with Crippen molar-refractivity contribution in [2.75, 3.05) is 13.1 Å². The summed E-state index contributed by atoms with van der Waals surface area (Å²) in [6, 6.07) is 18.5. The first kappa shape index (κ1) is 24.1. The molecule has 5 rings (SSSR count). The van der Waals surface area contributed by atoms with Crippen LogP contribution >= 0.6 is 11.6 Å². The molecule has 2 aromatic carbocycles. The van der Waals surface area contributed by atoms with Crippen LogP contribution in [-0.4, -0.2) is 38.6 Å². The second kappa shape index (κ2) is 10.5. The summed E-state index contributed by atoms with van der Waals surface area (Å²) in [4.78, 5) is 17.9. The number of hydrogen-bond acceptors (Lipinski definition) is 3. The zero-order valence-electron chi connectivity index (χ0n) is 20.8. The minimum absolute atomic E-state index is 0.195. The van der Waals surface area contributed by atoms with E-state index in [-0.39, 0.29) is 5.92 Å². The number of benzene rings is 2. The van der Waals surface area contributed by atoms with E-state index in [4.69, 9.17) is 16.7 Å². The summed E-state index contributed by atoms with van der Waals surface area (Å²) in [6.45, 7) is 8.38. The van der Waals surface area contributed by atoms with E-state index in [0.717, 1.165) is 61.8 Å². The normalized spacial score (nSPS) is 16.2. The monoisotopic (exact) mass is 490 g/mol. The van der Waals surface area contributed by atoms with E-state index in [0.29, 0.717) is 18.4 Å². The number of carbonyl (C=O) groups is 1. The predicted molar refractivity (Wildman–Crippen MR) is 140 cm³/mol. The van der Waals surface area contributed by atoms with Gasteiger partial charge < -0.3 is 4.90 Å². The van der Waals surface area contributed by atoms with Gasteiger partial charge in [-0.1, -0.05) is 62.2 Å². The van der Waals surface area contributed by atoms with Gasteiger partial charge in [0.15, 0.2) is 0 Å². The molecule has 0 atom stereocenters. The van der Waals surface area contributed by atoms with Crippen LogP contribution in [0.1, 0.15) is 55.6 Å². The second-order valence-electron chi connectivity index (χ2n) is 10.5. The lowest BCUT2D eigenvalue weighted by molar-refractivity contribution is -0.139. The molecule has 0 spiro atoms. The maximum atomic E-state index is 13.3. The Labute approximate surface area is 213 Å². The van der Waals surface area contributed by atoms with Crippen molar-refractivity contribution in [3.63, 3.8) is 0 Å². The fourth-order valence-corrected chi connectivity index (χ4v) is 5.46. The van der Waals surface area contributed by atoms with E-state index in [1.54, 1.807) is 0 Å². The van der Waals surface area contributed by atoms with E-state index in [9.17, 15) is 4.79 Å². The molecule has 0 bridgehead atoms. The van der Waals surface area contributed by atoms with Gasteiger partial charge in [0.1, 0.15) is 0 Å². The Kier molecular flexibility index (Phi) is 7.26. The van der Waals surface area contributed by atoms with Gasteiger partial charge in [0.05, 0.1) is 23.6 Å². The first-order valence-corrected chi connectivity index (χ1v) is 13.3. The maximum absolute atomic E-state index is 13.3. The van der Waals surface area contributed by atoms with Gasteiger partial charge in [0, 0.05) is 49.1 Å². The Morgan fingerprint density at radius 2 is 1.94 bits per heavy atom. The molecule has 2 heterocycles. The number of fused-ring (bicyclic) bond motifs is 1. The number of amides is 1. The van der Waals surface area contributed by atoms with E-state index >= 15 is 0 Å². The molecule has 2 aliphatic rings. The van der Waals surface area contributed by atoms with Crippen molar-refractivity contribution in [2.45, 2.75) is 59.2 Å². The van der Waals surface area contributed by atoms with Crippen LogP contribution in [0.25, 0.3) is 5.69 Å². The van der Waals surface area contributed by atoms with Gasteiger partial charge in [0.25, 0.3) is 0 Å². The Morgan fingerprint density at radius 3 is 2.63 bits per heavy atom. The molecule has 1 aromatic heterocycles. The highest BCUT2D eigenvalue weighted by Gasteiger charge is 2.32. The molecule has 0 N–H and O–H groups in total. The number of para-hydroxylation sites is 1. The smallest absolute Gasteiger partial charge is 0.226 e. The second-order valence-corrected chi connectivity index (χ2v) is 10.9. The molecule has 1 aliphatic heterocycles. The van der Waals surface area contributed by atoms with Crippen LogP contribution < -0.4 is 0 Å². The molecule has 0 unspecified atom stereocenters. The first-order valence-electron chi connectivity index (χ1n) is 12.9. The quantitative estimate of drug-likeness (QED) is 0.396. The third-order valence-corrected chi connectivity index (χ3v) is 7.44. The predicted octanol–water partition coefficient (Wildman–Crippen LogP) is 5.87. The van der Waals surface area contributed by atoms with Crippen LogP contribution in [0.4, 0.5) is 0 Å². The molecule has 35 heavy (non-hydrogen) atoms. The summed E-state index contributed by atoms with van der Waals surface area (Å²) in [7, 11) is 0. The van der Waals surface area contributed by atoms with Gasteiger partial charge >= 0.3 is 0 Å². The fraction of sp³-hybridized carbons (Fsp3) is 0.448. The highest BCUT2D eigenvalue weighted by Crippen LogP contribution is 2.31. The molecule has 1 aliphatic carbocycles. The van der Waals surface area contributed by atoms with Gasteiger partial charge in [-0.2, -0.15) is 5.10 Å². The number of carbonyl (C=O) groups excluding carboxylic acids is 1. The zero-order valence-corrected chi connectivity index (χ0v) is 21.5. The summed E-state index contributed by atoms with van der Waals surface area (Å²) in [6.07, 6.45) is 4.15. The van der Waals surface area contributed by atoms with Crippen LogP contribution in [-0.2, 0) is 30.8 Å². The zero-order chi connectivity index (χ0) is 24.4. The number of aromatic nitrogens is 2. The number of nitrogens with zero attached hydrogens (tertiary/aromatic N) is 4. The Bertz CT molecular complexity index is 1170. The topological polar surface area (TPSA) is 41.4 Å². The number of halogens is 1. The number of hydrogen-bond donors (Lipinski definition) is 0. The van der Waals surface area contributed by atoms with Crippen molar-refractivity contribution >= 4 is 17.5 Å². The minimum Gasteiger partial charge on any atom is -0.336 e. The van der Waals surface area contributed by atoms with E-state index in [2.05, 4.69) is 58.7 Å². The average molecular weight is 491 g/mol. The molecule has 1 amide bonds. The van der Waals surface area contributed by atoms with Gasteiger partial charge in [-0.05, 0) is 48.6 Å². The van der Waals surface area contributed by atoms with Gasteiger partial charge in [0.2, 0.25) is 5.91 Å². The summed E-state index contributed by atoms with van der Waals surface area (Å²) in [5, 5.41) is 5.90. The lowest BCUT2D eigenvalue weighted by Gasteiger charge is -2.33. The van der Waals surface area contributed by atoms with Gasteiger partial charge in [-0.25, -0.2) is 4.68 Å². The van der Waals surface area contributed by atoms with Crippen molar-refractivity contribution in [1.82, 2.24) is 19.6 Å². The maximum Gasteiger partial charge on any atom is 0.226 e. The van der Waals surface area contributed by atoms with E-state index < -0.39 is 0 Å². The Hall–Kier alpha value is -2.63. The first-order chi connectivity index (χ1) is 17.0. The number of rotatable bonds is 8. The third kappa shape index (κ3) is 5.46. The molecule has 1 saturated carbocycles. The van der Waals surface area contributed by atoms with Crippen LogP contribution in [0, 0.1) is 11.8 Å². The summed E-state index contributed by atoms with van der Waals surface area (Å²) >= 11 is 6.24. The molecular weight excluding hydrogens is 456 g/mol. The molecule has 0 saturated heterocycles. The Morgan fingerprint density at radius 1 is 1.14 bits per heavy atom. The van der Waals surface area contributed by atoms with E-state index in [1.807, 2.05) is 24.3 Å². The molecule has 3 aromatic rings. The standard InChI is InChI=1S/C29H35ClN4O/c1-21(2)17-33(29(35)23-9-7-10-23)20-27-26-19-32(18-22-8-6-11-24(30)16-22)15-14-28(26)34(31-27)25-12-4-3-5-13-25/h3-6,8,11-13,16,21,23H,7,9-10,14-15,17-20H2,1-2H3. The van der Waals surface area contributed by atoms with Crippen LogP contribution in [0.15, 0.2) is 54.6 Å². The fourth-order valence-electron chi connectivity index (χ4n) is 5.25. The van der Waals surface area contributed by atoms with E-state index in [1.165, 1.54) is 23.2 Å². The lowest BCUT2D eigenvalue weighted by Crippen LogP contribution is -2.41. The van der Waals surface area contributed by atoms with Crippen LogP contribution in [0.3, 0.4) is 0 Å². The lowest BCUT2D eigenvalue weighted by atomic mass is 9.84. The van der Waals surface area contributed by atoms with Crippen LogP contribution in [0.5, 0.6) is 0 Å². The van der Waals surface area contributed by atoms with Gasteiger partial charge in [-0.15, -0.1) is 0 Å². The highest BCUT2D eigenvalue weighted by molar-refractivity contribution is 6.30. The Balaban J connectivity index is 1.45. The molecule has 184 valence electrons. The van der Waals surface area contributed by atoms with Crippen molar-refractivity contribution in [3.8, 4) is 5.69 Å². The average Bonchev–Trinajstić information content (AvgIpc) is 3.15. The van der Waals surface area contributed by atoms with Gasteiger partial charge in [-0.3, -0.25) is 9.69 Å². The van der Waals surface area contributed by atoms with Crippen LogP contribution in [0.2, 0.25) is 5.02 Å². The highest BCUT2D eigenvalue weighted by atomic mass is 35.5. The molecular formula is C29H35ClN4O. The van der Waals surface area contributed by atoms with Crippen molar-refractivity contribution in [2.24, 2.45) is 11.8 Å². The van der Waals surface area contributed by atoms with Crippen molar-refractivity contribution in [1.29, 1.82) is 0 Å². The molecule has 6 heteroatoms. The molecule has 1 fully saturated rings.